The van der Waals surface area contributed by atoms with Gasteiger partial charge >= 0.3 is 0 Å². The van der Waals surface area contributed by atoms with Gasteiger partial charge in [0.1, 0.15) is 0 Å². The lowest BCUT2D eigenvalue weighted by atomic mass is 9.97. The summed E-state index contributed by atoms with van der Waals surface area (Å²) in [6.07, 6.45) is 9.56. The molecule has 2 aliphatic rings. The SMILES string of the molecule is NN1C2CCCCC1CCC2. The fraction of sp³-hybridized carbons (Fsp3) is 1.00. The highest BCUT2D eigenvalue weighted by atomic mass is 15.4. The van der Waals surface area contributed by atoms with E-state index in [1.54, 1.807) is 0 Å². The fourth-order valence-electron chi connectivity index (χ4n) is 2.53. The predicted molar refractivity (Wildman–Crippen MR) is 45.9 cm³/mol. The summed E-state index contributed by atoms with van der Waals surface area (Å²) in [5.41, 5.74) is 0. The van der Waals surface area contributed by atoms with Crippen LogP contribution in [0.3, 0.4) is 0 Å². The van der Waals surface area contributed by atoms with Gasteiger partial charge in [-0.3, -0.25) is 5.84 Å². The number of piperidine rings is 1. The van der Waals surface area contributed by atoms with E-state index in [-0.39, 0.29) is 0 Å². The molecule has 0 spiro atoms. The molecule has 0 aromatic rings. The summed E-state index contributed by atoms with van der Waals surface area (Å²) in [6.45, 7) is 0. The summed E-state index contributed by atoms with van der Waals surface area (Å²) in [5, 5.41) is 2.15. The van der Waals surface area contributed by atoms with Crippen molar-refractivity contribution in [1.29, 1.82) is 0 Å². The van der Waals surface area contributed by atoms with E-state index in [0.29, 0.717) is 0 Å². The average molecular weight is 154 g/mol. The minimum absolute atomic E-state index is 0.719. The highest BCUT2D eigenvalue weighted by Gasteiger charge is 2.29. The Morgan fingerprint density at radius 2 is 1.27 bits per heavy atom. The van der Waals surface area contributed by atoms with Crippen LogP contribution in [0.15, 0.2) is 0 Å². The van der Waals surface area contributed by atoms with E-state index < -0.39 is 0 Å². The Bertz CT molecular complexity index is 122. The molecule has 2 heterocycles. The van der Waals surface area contributed by atoms with E-state index in [2.05, 4.69) is 5.01 Å². The molecule has 2 aliphatic heterocycles. The molecule has 64 valence electrons. The van der Waals surface area contributed by atoms with Gasteiger partial charge in [0.25, 0.3) is 0 Å². The molecular formula is C9H18N2. The molecule has 2 rings (SSSR count). The van der Waals surface area contributed by atoms with E-state index in [1.165, 1.54) is 44.9 Å². The van der Waals surface area contributed by atoms with Crippen molar-refractivity contribution in [1.82, 2.24) is 5.01 Å². The summed E-state index contributed by atoms with van der Waals surface area (Å²) >= 11 is 0. The van der Waals surface area contributed by atoms with Gasteiger partial charge in [-0.25, -0.2) is 5.01 Å². The zero-order valence-corrected chi connectivity index (χ0v) is 7.13. The van der Waals surface area contributed by atoms with Crippen LogP contribution in [0, 0.1) is 0 Å². The third kappa shape index (κ3) is 1.42. The Morgan fingerprint density at radius 3 is 1.82 bits per heavy atom. The maximum atomic E-state index is 6.02. The maximum Gasteiger partial charge on any atom is 0.0244 e. The van der Waals surface area contributed by atoms with Crippen LogP contribution in [0.5, 0.6) is 0 Å². The molecule has 0 aromatic heterocycles. The highest BCUT2D eigenvalue weighted by Crippen LogP contribution is 2.29. The second kappa shape index (κ2) is 3.11. The fourth-order valence-corrected chi connectivity index (χ4v) is 2.53. The molecule has 2 saturated heterocycles. The Labute approximate surface area is 68.7 Å². The summed E-state index contributed by atoms with van der Waals surface area (Å²) in [6, 6.07) is 1.44. The molecule has 0 aliphatic carbocycles. The van der Waals surface area contributed by atoms with Crippen molar-refractivity contribution in [2.45, 2.75) is 57.0 Å². The third-order valence-electron chi connectivity index (χ3n) is 3.24. The Morgan fingerprint density at radius 1 is 0.818 bits per heavy atom. The monoisotopic (exact) mass is 154 g/mol. The third-order valence-corrected chi connectivity index (χ3v) is 3.24. The molecule has 2 N–H and O–H groups in total. The minimum atomic E-state index is 0.719. The normalized spacial score (nSPS) is 40.1. The average Bonchev–Trinajstić information content (AvgIpc) is 2.17. The number of hydrazine groups is 1. The van der Waals surface area contributed by atoms with Crippen LogP contribution >= 0.6 is 0 Å². The summed E-state index contributed by atoms with van der Waals surface area (Å²) in [7, 11) is 0. The van der Waals surface area contributed by atoms with Gasteiger partial charge in [0.05, 0.1) is 0 Å². The molecule has 0 radical (unpaired) electrons. The van der Waals surface area contributed by atoms with Crippen LogP contribution in [0.2, 0.25) is 0 Å². The quantitative estimate of drug-likeness (QED) is 0.538. The second-order valence-electron chi connectivity index (χ2n) is 3.97. The van der Waals surface area contributed by atoms with Gasteiger partial charge in [-0.05, 0) is 25.7 Å². The van der Waals surface area contributed by atoms with E-state index in [1.807, 2.05) is 0 Å². The first-order chi connectivity index (χ1) is 5.38. The van der Waals surface area contributed by atoms with Crippen LogP contribution in [0.1, 0.15) is 44.9 Å². The van der Waals surface area contributed by atoms with E-state index in [0.717, 1.165) is 12.1 Å². The Kier molecular flexibility index (Phi) is 2.14. The zero-order chi connectivity index (χ0) is 7.68. The Hall–Kier alpha value is -0.0800. The van der Waals surface area contributed by atoms with Crippen LogP contribution in [-0.2, 0) is 0 Å². The van der Waals surface area contributed by atoms with Gasteiger partial charge < -0.3 is 0 Å². The van der Waals surface area contributed by atoms with Gasteiger partial charge in [-0.1, -0.05) is 19.3 Å². The van der Waals surface area contributed by atoms with Crippen molar-refractivity contribution in [3.63, 3.8) is 0 Å². The Balaban J connectivity index is 2.06. The van der Waals surface area contributed by atoms with Crippen molar-refractivity contribution in [2.75, 3.05) is 0 Å². The first-order valence-electron chi connectivity index (χ1n) is 4.91. The molecule has 2 bridgehead atoms. The van der Waals surface area contributed by atoms with Gasteiger partial charge in [-0.2, -0.15) is 0 Å². The number of rotatable bonds is 0. The molecule has 2 atom stereocenters. The number of nitrogens with two attached hydrogens (primary N) is 1. The number of nitrogens with zero attached hydrogens (tertiary/aromatic N) is 1. The first kappa shape index (κ1) is 7.56. The maximum absolute atomic E-state index is 6.02. The van der Waals surface area contributed by atoms with Crippen molar-refractivity contribution in [3.8, 4) is 0 Å². The molecule has 0 amide bonds. The van der Waals surface area contributed by atoms with E-state index in [4.69, 9.17) is 5.84 Å². The summed E-state index contributed by atoms with van der Waals surface area (Å²) in [5.74, 6) is 6.02. The summed E-state index contributed by atoms with van der Waals surface area (Å²) < 4.78 is 0. The first-order valence-corrected chi connectivity index (χ1v) is 4.91. The molecule has 2 heteroatoms. The highest BCUT2D eigenvalue weighted by molar-refractivity contribution is 4.83. The molecule has 0 aromatic carbocycles. The van der Waals surface area contributed by atoms with Crippen molar-refractivity contribution >= 4 is 0 Å². The predicted octanol–water partition coefficient (Wildman–Crippen LogP) is 1.66. The van der Waals surface area contributed by atoms with Gasteiger partial charge in [-0.15, -0.1) is 0 Å². The summed E-state index contributed by atoms with van der Waals surface area (Å²) in [4.78, 5) is 0. The number of hydrogen-bond donors (Lipinski definition) is 1. The standard InChI is InChI=1S/C9H18N2/c10-11-8-4-1-2-5-9(11)7-3-6-8/h8-9H,1-7,10H2. The van der Waals surface area contributed by atoms with Gasteiger partial charge in [0.15, 0.2) is 0 Å². The van der Waals surface area contributed by atoms with Crippen LogP contribution in [0.4, 0.5) is 0 Å². The van der Waals surface area contributed by atoms with Gasteiger partial charge in [0, 0.05) is 12.1 Å². The van der Waals surface area contributed by atoms with Crippen molar-refractivity contribution in [2.24, 2.45) is 5.84 Å². The van der Waals surface area contributed by atoms with Crippen molar-refractivity contribution in [3.05, 3.63) is 0 Å². The van der Waals surface area contributed by atoms with Crippen LogP contribution in [-0.4, -0.2) is 17.1 Å². The second-order valence-corrected chi connectivity index (χ2v) is 3.97. The molecule has 0 saturated carbocycles. The topological polar surface area (TPSA) is 29.3 Å². The smallest absolute Gasteiger partial charge is 0.0244 e. The number of hydrogen-bond acceptors (Lipinski definition) is 2. The lowest BCUT2D eigenvalue weighted by Crippen LogP contribution is -2.49. The zero-order valence-electron chi connectivity index (χ0n) is 7.13. The van der Waals surface area contributed by atoms with Crippen molar-refractivity contribution < 1.29 is 0 Å². The van der Waals surface area contributed by atoms with Gasteiger partial charge in [0.2, 0.25) is 0 Å². The lowest BCUT2D eigenvalue weighted by Gasteiger charge is -2.36. The molecule has 11 heavy (non-hydrogen) atoms. The largest absolute Gasteiger partial charge is 0.268 e. The molecule has 2 fully saturated rings. The molecule has 2 unspecified atom stereocenters. The van der Waals surface area contributed by atoms with Crippen LogP contribution in [0.25, 0.3) is 0 Å². The van der Waals surface area contributed by atoms with Crippen LogP contribution < -0.4 is 5.84 Å². The lowest BCUT2D eigenvalue weighted by molar-refractivity contribution is 0.0869. The number of fused-ring (bicyclic) bond motifs is 2. The van der Waals surface area contributed by atoms with E-state index >= 15 is 0 Å². The minimum Gasteiger partial charge on any atom is -0.268 e. The molecule has 2 nitrogen and oxygen atoms in total. The molecular weight excluding hydrogens is 136 g/mol. The van der Waals surface area contributed by atoms with E-state index in [9.17, 15) is 0 Å².